The van der Waals surface area contributed by atoms with Crippen LogP contribution in [0.5, 0.6) is 0 Å². The third kappa shape index (κ3) is 2.17. The van der Waals surface area contributed by atoms with Gasteiger partial charge in [0.2, 0.25) is 5.95 Å². The molecule has 0 unspecified atom stereocenters. The first-order valence-corrected chi connectivity index (χ1v) is 4.23. The molecular weight excluding hydrogens is 182 g/mol. The van der Waals surface area contributed by atoms with Gasteiger partial charge in [-0.2, -0.15) is 0 Å². The quantitative estimate of drug-likeness (QED) is 0.517. The summed E-state index contributed by atoms with van der Waals surface area (Å²) in [4.78, 5) is 20.8. The predicted molar refractivity (Wildman–Crippen MR) is 52.5 cm³/mol. The Morgan fingerprint density at radius 1 is 1.57 bits per heavy atom. The van der Waals surface area contributed by atoms with Gasteiger partial charge in [0.1, 0.15) is 0 Å². The fourth-order valence-electron chi connectivity index (χ4n) is 0.877. The van der Waals surface area contributed by atoms with E-state index in [-0.39, 0.29) is 5.91 Å². The summed E-state index contributed by atoms with van der Waals surface area (Å²) in [5.74, 6) is 5.28. The van der Waals surface area contributed by atoms with E-state index in [4.69, 9.17) is 5.84 Å². The normalized spacial score (nSPS) is 9.64. The van der Waals surface area contributed by atoms with Crippen molar-refractivity contribution >= 4 is 11.9 Å². The van der Waals surface area contributed by atoms with Gasteiger partial charge < -0.3 is 4.90 Å². The molecule has 0 atom stereocenters. The topological polar surface area (TPSA) is 84.1 Å². The number of carbonyl (C=O) groups excluding carboxylic acids is 1. The number of rotatable bonds is 3. The Morgan fingerprint density at radius 3 is 2.57 bits per heavy atom. The molecule has 1 rings (SSSR count). The maximum absolute atomic E-state index is 11.6. The van der Waals surface area contributed by atoms with Gasteiger partial charge in [-0.25, -0.2) is 15.8 Å². The van der Waals surface area contributed by atoms with Crippen LogP contribution in [-0.4, -0.2) is 34.4 Å². The number of nitrogens with zero attached hydrogens (tertiary/aromatic N) is 3. The van der Waals surface area contributed by atoms with Gasteiger partial charge in [-0.15, -0.1) is 0 Å². The second-order valence-corrected chi connectivity index (χ2v) is 2.76. The van der Waals surface area contributed by atoms with Gasteiger partial charge in [-0.1, -0.05) is 0 Å². The monoisotopic (exact) mass is 195 g/mol. The van der Waals surface area contributed by atoms with E-state index >= 15 is 0 Å². The molecule has 3 N–H and O–H groups in total. The number of amides is 1. The molecular formula is C8H13N5O. The average molecular weight is 195 g/mol. The van der Waals surface area contributed by atoms with E-state index in [2.05, 4.69) is 15.4 Å². The van der Waals surface area contributed by atoms with Gasteiger partial charge in [0, 0.05) is 26.0 Å². The van der Waals surface area contributed by atoms with Gasteiger partial charge in [0.15, 0.2) is 0 Å². The smallest absolute Gasteiger partial charge is 0.256 e. The van der Waals surface area contributed by atoms with Gasteiger partial charge >= 0.3 is 0 Å². The summed E-state index contributed by atoms with van der Waals surface area (Å²) in [7, 11) is 1.72. The van der Waals surface area contributed by atoms with Crippen molar-refractivity contribution in [3.8, 4) is 0 Å². The summed E-state index contributed by atoms with van der Waals surface area (Å²) in [5.41, 5.74) is 2.74. The number of nitrogens with two attached hydrogens (primary N) is 1. The highest BCUT2D eigenvalue weighted by molar-refractivity contribution is 5.93. The Balaban J connectivity index is 2.81. The van der Waals surface area contributed by atoms with E-state index in [1.807, 2.05) is 6.92 Å². The van der Waals surface area contributed by atoms with E-state index in [1.165, 1.54) is 12.4 Å². The highest BCUT2D eigenvalue weighted by atomic mass is 16.2. The van der Waals surface area contributed by atoms with Crippen LogP contribution in [0.25, 0.3) is 0 Å². The zero-order valence-electron chi connectivity index (χ0n) is 8.19. The van der Waals surface area contributed by atoms with E-state index in [9.17, 15) is 4.79 Å². The molecule has 0 aliphatic carbocycles. The van der Waals surface area contributed by atoms with E-state index < -0.39 is 0 Å². The number of hydrogen-bond acceptors (Lipinski definition) is 5. The lowest BCUT2D eigenvalue weighted by molar-refractivity contribution is 0.0801. The van der Waals surface area contributed by atoms with Crippen LogP contribution in [0.1, 0.15) is 17.3 Å². The van der Waals surface area contributed by atoms with Crippen LogP contribution in [0.2, 0.25) is 0 Å². The number of nitrogens with one attached hydrogen (secondary N) is 1. The van der Waals surface area contributed by atoms with Gasteiger partial charge in [-0.05, 0) is 6.92 Å². The largest absolute Gasteiger partial charge is 0.342 e. The Kier molecular flexibility index (Phi) is 3.35. The molecule has 1 amide bonds. The molecule has 0 aliphatic rings. The highest BCUT2D eigenvalue weighted by Crippen LogP contribution is 2.02. The van der Waals surface area contributed by atoms with Gasteiger partial charge in [0.05, 0.1) is 5.56 Å². The maximum Gasteiger partial charge on any atom is 0.256 e. The van der Waals surface area contributed by atoms with Gasteiger partial charge in [-0.3, -0.25) is 10.2 Å². The second kappa shape index (κ2) is 4.52. The van der Waals surface area contributed by atoms with Crippen molar-refractivity contribution in [2.75, 3.05) is 19.0 Å². The first-order valence-electron chi connectivity index (χ1n) is 4.23. The minimum atomic E-state index is -0.101. The Morgan fingerprint density at radius 2 is 2.14 bits per heavy atom. The van der Waals surface area contributed by atoms with Crippen LogP contribution in [0.4, 0.5) is 5.95 Å². The summed E-state index contributed by atoms with van der Waals surface area (Å²) in [6.07, 6.45) is 2.88. The van der Waals surface area contributed by atoms with E-state index in [1.54, 1.807) is 11.9 Å². The van der Waals surface area contributed by atoms with Crippen molar-refractivity contribution in [2.45, 2.75) is 6.92 Å². The number of anilines is 1. The van der Waals surface area contributed by atoms with Crippen molar-refractivity contribution in [1.82, 2.24) is 14.9 Å². The average Bonchev–Trinajstić information content (AvgIpc) is 2.27. The summed E-state index contributed by atoms with van der Waals surface area (Å²) in [6.45, 7) is 2.55. The summed E-state index contributed by atoms with van der Waals surface area (Å²) < 4.78 is 0. The van der Waals surface area contributed by atoms with Crippen LogP contribution >= 0.6 is 0 Å². The molecule has 0 saturated heterocycles. The molecule has 76 valence electrons. The third-order valence-electron chi connectivity index (χ3n) is 1.85. The number of aromatic nitrogens is 2. The molecule has 0 aromatic carbocycles. The lowest BCUT2D eigenvalue weighted by Crippen LogP contribution is -2.26. The second-order valence-electron chi connectivity index (χ2n) is 2.76. The molecule has 14 heavy (non-hydrogen) atoms. The van der Waals surface area contributed by atoms with Crippen molar-refractivity contribution < 1.29 is 4.79 Å². The molecule has 0 fully saturated rings. The number of nitrogen functional groups attached to an aromatic ring is 1. The lowest BCUT2D eigenvalue weighted by Gasteiger charge is -2.13. The zero-order chi connectivity index (χ0) is 10.6. The van der Waals surface area contributed by atoms with Crippen LogP contribution in [0.15, 0.2) is 12.4 Å². The molecule has 1 aromatic rings. The van der Waals surface area contributed by atoms with E-state index in [0.717, 1.165) is 0 Å². The van der Waals surface area contributed by atoms with Crippen LogP contribution in [-0.2, 0) is 0 Å². The Bertz CT molecular complexity index is 310. The fraction of sp³-hybridized carbons (Fsp3) is 0.375. The molecule has 6 heteroatoms. The molecule has 0 radical (unpaired) electrons. The molecule has 6 nitrogen and oxygen atoms in total. The molecule has 0 bridgehead atoms. The summed E-state index contributed by atoms with van der Waals surface area (Å²) in [5, 5.41) is 0. The van der Waals surface area contributed by atoms with Crippen molar-refractivity contribution in [1.29, 1.82) is 0 Å². The number of hydrazine groups is 1. The molecule has 0 aliphatic heterocycles. The van der Waals surface area contributed by atoms with Crippen LogP contribution < -0.4 is 11.3 Å². The molecule has 0 spiro atoms. The zero-order valence-corrected chi connectivity index (χ0v) is 8.19. The first-order chi connectivity index (χ1) is 6.69. The minimum absolute atomic E-state index is 0.101. The van der Waals surface area contributed by atoms with Gasteiger partial charge in [0.25, 0.3) is 5.91 Å². The van der Waals surface area contributed by atoms with Crippen molar-refractivity contribution in [3.63, 3.8) is 0 Å². The third-order valence-corrected chi connectivity index (χ3v) is 1.85. The Hall–Kier alpha value is -1.69. The first kappa shape index (κ1) is 10.4. The van der Waals surface area contributed by atoms with Crippen LogP contribution in [0, 0.1) is 0 Å². The number of hydrogen-bond donors (Lipinski definition) is 2. The lowest BCUT2D eigenvalue weighted by atomic mass is 10.3. The maximum atomic E-state index is 11.6. The number of carbonyl (C=O) groups is 1. The SMILES string of the molecule is CCN(C)C(=O)c1cnc(NN)nc1. The van der Waals surface area contributed by atoms with Crippen molar-refractivity contribution in [3.05, 3.63) is 18.0 Å². The standard InChI is InChI=1S/C8H13N5O/c1-3-13(2)7(14)6-4-10-8(12-9)11-5-6/h4-5H,3,9H2,1-2H3,(H,10,11,12). The van der Waals surface area contributed by atoms with Crippen LogP contribution in [0.3, 0.4) is 0 Å². The fourth-order valence-corrected chi connectivity index (χ4v) is 0.877. The summed E-state index contributed by atoms with van der Waals surface area (Å²) >= 11 is 0. The summed E-state index contributed by atoms with van der Waals surface area (Å²) in [6, 6.07) is 0. The van der Waals surface area contributed by atoms with E-state index in [0.29, 0.717) is 18.1 Å². The molecule has 1 aromatic heterocycles. The minimum Gasteiger partial charge on any atom is -0.342 e. The molecule has 0 saturated carbocycles. The molecule has 1 heterocycles. The van der Waals surface area contributed by atoms with Crippen molar-refractivity contribution in [2.24, 2.45) is 5.84 Å². The Labute approximate surface area is 82.1 Å². The predicted octanol–water partition coefficient (Wildman–Crippen LogP) is -0.146. The highest BCUT2D eigenvalue weighted by Gasteiger charge is 2.10.